The number of aromatic hydroxyl groups is 1. The number of hydrogen-bond acceptors (Lipinski definition) is 6. The van der Waals surface area contributed by atoms with Gasteiger partial charge in [-0.1, -0.05) is 6.07 Å². The molecule has 0 aliphatic heterocycles. The van der Waals surface area contributed by atoms with Crippen molar-refractivity contribution < 1.29 is 22.6 Å². The Morgan fingerprint density at radius 1 is 1.53 bits per heavy atom. The van der Waals surface area contributed by atoms with Crippen LogP contribution >= 0.6 is 0 Å². The van der Waals surface area contributed by atoms with Gasteiger partial charge in [0.2, 0.25) is 10.9 Å². The first-order chi connectivity index (χ1) is 8.74. The topological polar surface area (TPSA) is 134 Å². The van der Waals surface area contributed by atoms with Gasteiger partial charge in [-0.25, -0.2) is 0 Å². The van der Waals surface area contributed by atoms with E-state index in [9.17, 15) is 13.0 Å². The van der Waals surface area contributed by atoms with E-state index in [-0.39, 0.29) is 5.88 Å². The van der Waals surface area contributed by atoms with Crippen LogP contribution in [-0.4, -0.2) is 39.6 Å². The van der Waals surface area contributed by atoms with Crippen molar-refractivity contribution in [2.75, 3.05) is 12.0 Å². The second-order valence-electron chi connectivity index (χ2n) is 3.38. The summed E-state index contributed by atoms with van der Waals surface area (Å²) in [5, 5.41) is 17.7. The zero-order valence-electron chi connectivity index (χ0n) is 10.2. The number of rotatable bonds is 4. The van der Waals surface area contributed by atoms with Crippen LogP contribution in [0.2, 0.25) is 0 Å². The van der Waals surface area contributed by atoms with Gasteiger partial charge in [-0.2, -0.15) is 18.7 Å². The van der Waals surface area contributed by atoms with E-state index < -0.39 is 21.3 Å². The van der Waals surface area contributed by atoms with Crippen molar-refractivity contribution in [3.05, 3.63) is 18.2 Å². The van der Waals surface area contributed by atoms with E-state index in [0.717, 1.165) is 0 Å². The predicted molar refractivity (Wildman–Crippen MR) is 69.5 cm³/mol. The van der Waals surface area contributed by atoms with E-state index in [1.807, 2.05) is 6.07 Å². The molecule has 1 aromatic rings. The first-order valence-corrected chi connectivity index (χ1v) is 8.24. The van der Waals surface area contributed by atoms with Crippen molar-refractivity contribution in [1.82, 2.24) is 4.98 Å². The minimum Gasteiger partial charge on any atom is -0.610 e. The van der Waals surface area contributed by atoms with Crippen molar-refractivity contribution >= 4 is 21.3 Å². The molecule has 2 N–H and O–H groups in total. The third-order valence-corrected chi connectivity index (χ3v) is 2.91. The first kappa shape index (κ1) is 17.7. The van der Waals surface area contributed by atoms with E-state index >= 15 is 0 Å². The number of aromatic nitrogens is 1. The highest BCUT2D eigenvalue weighted by Gasteiger charge is 2.12. The lowest BCUT2D eigenvalue weighted by Crippen LogP contribution is -2.08. The fraction of sp³-hybridized carbons (Fsp3) is 0.400. The second kappa shape index (κ2) is 8.71. The van der Waals surface area contributed by atoms with Gasteiger partial charge >= 0.3 is 0 Å². The Balaban J connectivity index is 0.000000555. The summed E-state index contributed by atoms with van der Waals surface area (Å²) in [5.74, 6) is 0.278. The van der Waals surface area contributed by atoms with Crippen LogP contribution in [0.4, 0.5) is 0 Å². The van der Waals surface area contributed by atoms with Gasteiger partial charge in [0.25, 0.3) is 10.1 Å². The van der Waals surface area contributed by atoms with Crippen molar-refractivity contribution in [3.63, 3.8) is 0 Å². The average molecular weight is 306 g/mol. The summed E-state index contributed by atoms with van der Waals surface area (Å²) in [6.07, 6.45) is 1.69. The molecule has 9 heteroatoms. The zero-order valence-corrected chi connectivity index (χ0v) is 11.8. The van der Waals surface area contributed by atoms with Crippen molar-refractivity contribution in [2.24, 2.45) is 0 Å². The maximum atomic E-state index is 11.5. The Kier molecular flexibility index (Phi) is 8.09. The van der Waals surface area contributed by atoms with Gasteiger partial charge in [0, 0.05) is 36.2 Å². The summed E-state index contributed by atoms with van der Waals surface area (Å²) < 4.78 is 37.4. The van der Waals surface area contributed by atoms with Crippen LogP contribution in [0, 0.1) is 11.3 Å². The third-order valence-electron chi connectivity index (χ3n) is 1.56. The average Bonchev–Trinajstić information content (AvgIpc) is 2.27. The van der Waals surface area contributed by atoms with Crippen molar-refractivity contribution in [3.8, 4) is 11.9 Å². The number of hydrogen-bond donors (Lipinski definition) is 2. The van der Waals surface area contributed by atoms with Crippen LogP contribution in [0.5, 0.6) is 5.88 Å². The molecule has 106 valence electrons. The Morgan fingerprint density at radius 3 is 2.58 bits per heavy atom. The number of nitrogens with zero attached hydrogens (tertiary/aromatic N) is 2. The third kappa shape index (κ3) is 11.5. The molecule has 0 aromatic carbocycles. The van der Waals surface area contributed by atoms with Gasteiger partial charge in [-0.15, -0.1) is 0 Å². The van der Waals surface area contributed by atoms with Crippen LogP contribution in [0.15, 0.2) is 23.2 Å². The molecule has 1 aromatic heterocycles. The minimum atomic E-state index is -3.67. The molecule has 0 fully saturated rings. The Labute approximate surface area is 114 Å². The van der Waals surface area contributed by atoms with Crippen LogP contribution in [0.3, 0.4) is 0 Å². The molecule has 0 aliphatic rings. The molecule has 0 saturated heterocycles. The fourth-order valence-electron chi connectivity index (χ4n) is 0.918. The van der Waals surface area contributed by atoms with Crippen LogP contribution in [-0.2, 0) is 21.3 Å². The van der Waals surface area contributed by atoms with Crippen LogP contribution in [0.1, 0.15) is 12.8 Å². The normalized spacial score (nSPS) is 11.9. The maximum Gasteiger partial charge on any atom is 0.261 e. The summed E-state index contributed by atoms with van der Waals surface area (Å²) in [7, 11) is -3.67. The predicted octanol–water partition coefficient (Wildman–Crippen LogP) is 0.703. The minimum absolute atomic E-state index is 0.129. The maximum absolute atomic E-state index is 11.5. The van der Waals surface area contributed by atoms with Crippen LogP contribution in [0.25, 0.3) is 0 Å². The van der Waals surface area contributed by atoms with E-state index in [2.05, 4.69) is 4.98 Å². The molecule has 0 radical (unpaired) electrons. The van der Waals surface area contributed by atoms with Gasteiger partial charge in [-0.3, -0.25) is 4.55 Å². The van der Waals surface area contributed by atoms with E-state index in [1.54, 1.807) is 12.1 Å². The van der Waals surface area contributed by atoms with E-state index in [4.69, 9.17) is 14.9 Å². The van der Waals surface area contributed by atoms with E-state index in [0.29, 0.717) is 29.9 Å². The lowest BCUT2D eigenvalue weighted by Gasteiger charge is -2.07. The van der Waals surface area contributed by atoms with Gasteiger partial charge in [-0.05, 0) is 0 Å². The highest BCUT2D eigenvalue weighted by atomic mass is 32.2. The summed E-state index contributed by atoms with van der Waals surface area (Å²) in [5.41, 5.74) is 0. The molecular weight excluding hydrogens is 292 g/mol. The largest absolute Gasteiger partial charge is 0.610 e. The molecule has 1 atom stereocenters. The Hall–Kier alpha value is -1.34. The van der Waals surface area contributed by atoms with Crippen molar-refractivity contribution in [2.45, 2.75) is 17.9 Å². The Morgan fingerprint density at radius 2 is 2.11 bits per heavy atom. The highest BCUT2D eigenvalue weighted by molar-refractivity contribution is 7.91. The SMILES string of the molecule is CS(=O)(=O)O.N#CCCC[S+]([O-])c1cccc(O)n1. The lowest BCUT2D eigenvalue weighted by molar-refractivity contribution is 0.447. The molecule has 19 heavy (non-hydrogen) atoms. The lowest BCUT2D eigenvalue weighted by atomic mass is 10.4. The summed E-state index contributed by atoms with van der Waals surface area (Å²) in [6.45, 7) is 0. The number of unbranched alkanes of at least 4 members (excludes halogenated alkanes) is 1. The standard InChI is InChI=1S/C9H10N2O2S.CH4O3S/c10-6-1-2-7-14(13)9-5-3-4-8(12)11-9;1-5(2,3)4/h3-5H,1-2,7H2,(H,11,12);1H3,(H,2,3,4). The van der Waals surface area contributed by atoms with Crippen molar-refractivity contribution in [1.29, 1.82) is 5.26 Å². The number of pyridine rings is 1. The molecule has 0 spiro atoms. The molecule has 7 nitrogen and oxygen atoms in total. The van der Waals surface area contributed by atoms with Gasteiger partial charge < -0.3 is 9.66 Å². The molecule has 0 bridgehead atoms. The quantitative estimate of drug-likeness (QED) is 0.475. The van der Waals surface area contributed by atoms with Crippen LogP contribution < -0.4 is 0 Å². The van der Waals surface area contributed by atoms with Gasteiger partial charge in [0.05, 0.1) is 12.3 Å². The molecular formula is C10H14N2O5S2. The van der Waals surface area contributed by atoms with E-state index in [1.165, 1.54) is 6.07 Å². The molecule has 1 rings (SSSR count). The molecule has 1 heterocycles. The zero-order chi connectivity index (χ0) is 14.9. The summed E-state index contributed by atoms with van der Waals surface area (Å²) >= 11 is -1.22. The molecule has 1 unspecified atom stereocenters. The summed E-state index contributed by atoms with van der Waals surface area (Å²) in [4.78, 5) is 3.72. The molecule has 0 aliphatic carbocycles. The Bertz CT molecular complexity index is 519. The van der Waals surface area contributed by atoms with Gasteiger partial charge in [0.15, 0.2) is 0 Å². The second-order valence-corrected chi connectivity index (χ2v) is 6.36. The fourth-order valence-corrected chi connectivity index (χ4v) is 1.96. The van der Waals surface area contributed by atoms with Gasteiger partial charge in [0.1, 0.15) is 5.75 Å². The number of nitriles is 1. The smallest absolute Gasteiger partial charge is 0.261 e. The first-order valence-electron chi connectivity index (χ1n) is 5.08. The highest BCUT2D eigenvalue weighted by Crippen LogP contribution is 2.13. The molecule has 0 saturated carbocycles. The molecule has 0 amide bonds. The summed E-state index contributed by atoms with van der Waals surface area (Å²) in [6, 6.07) is 6.60. The monoisotopic (exact) mass is 306 g/mol.